The Morgan fingerprint density at radius 1 is 0.970 bits per heavy atom. The second kappa shape index (κ2) is 11.3. The Balaban J connectivity index is 1.71. The molecule has 0 aliphatic rings. The van der Waals surface area contributed by atoms with E-state index in [9.17, 15) is 22.0 Å². The van der Waals surface area contributed by atoms with Crippen molar-refractivity contribution in [2.45, 2.75) is 22.6 Å². The fourth-order valence-corrected chi connectivity index (χ4v) is 5.00. The number of carbonyl (C=O) groups is 1. The number of nitrogens with one attached hydrogen (secondary N) is 1. The zero-order valence-electron chi connectivity index (χ0n) is 18.0. The van der Waals surface area contributed by atoms with E-state index in [1.54, 1.807) is 24.3 Å². The molecule has 0 aliphatic heterocycles. The first-order valence-electron chi connectivity index (χ1n) is 10.2. The molecule has 0 radical (unpaired) electrons. The number of nitrogens with zero attached hydrogens (tertiary/aromatic N) is 1. The molecular weight excluding hydrogens is 466 g/mol. The molecular formula is C24H24F2N2O3S2. The molecule has 0 spiro atoms. The highest BCUT2D eigenvalue weighted by molar-refractivity contribution is 7.98. The van der Waals surface area contributed by atoms with E-state index in [1.807, 2.05) is 6.26 Å². The van der Waals surface area contributed by atoms with Crippen molar-refractivity contribution in [1.82, 2.24) is 5.32 Å². The largest absolute Gasteiger partial charge is 0.355 e. The second-order valence-electron chi connectivity index (χ2n) is 7.25. The van der Waals surface area contributed by atoms with E-state index in [2.05, 4.69) is 5.32 Å². The molecule has 0 aromatic heterocycles. The van der Waals surface area contributed by atoms with Crippen LogP contribution in [0.5, 0.6) is 0 Å². The molecule has 174 valence electrons. The molecule has 0 aliphatic carbocycles. The number of carbonyl (C=O) groups excluding carboxylic acids is 1. The van der Waals surface area contributed by atoms with Crippen LogP contribution >= 0.6 is 11.8 Å². The Morgan fingerprint density at radius 2 is 1.67 bits per heavy atom. The molecule has 0 unspecified atom stereocenters. The third-order valence-electron chi connectivity index (χ3n) is 4.91. The van der Waals surface area contributed by atoms with Crippen LogP contribution in [0.4, 0.5) is 14.5 Å². The number of halogens is 2. The average Bonchev–Trinajstić information content (AvgIpc) is 2.81. The Hall–Kier alpha value is -2.91. The highest BCUT2D eigenvalue weighted by Gasteiger charge is 2.27. The maximum absolute atomic E-state index is 13.8. The Bertz CT molecular complexity index is 1190. The Labute approximate surface area is 196 Å². The van der Waals surface area contributed by atoms with Crippen molar-refractivity contribution in [3.8, 4) is 0 Å². The topological polar surface area (TPSA) is 66.5 Å². The molecule has 0 atom stereocenters. The normalized spacial score (nSPS) is 11.2. The zero-order chi connectivity index (χ0) is 23.8. The van der Waals surface area contributed by atoms with Crippen molar-refractivity contribution in [3.63, 3.8) is 0 Å². The number of thioether (sulfide) groups is 1. The SMILES string of the molecule is CSc1ccc(S(=O)(=O)N(CC(=O)NCCCc2ccc(F)cc2)c2cccc(F)c2)cc1. The highest BCUT2D eigenvalue weighted by Crippen LogP contribution is 2.26. The number of hydrogen-bond donors (Lipinski definition) is 1. The number of hydrogen-bond acceptors (Lipinski definition) is 4. The van der Waals surface area contributed by atoms with Gasteiger partial charge < -0.3 is 5.32 Å². The van der Waals surface area contributed by atoms with Crippen LogP contribution in [0.15, 0.2) is 82.6 Å². The number of amides is 1. The van der Waals surface area contributed by atoms with E-state index < -0.39 is 28.3 Å². The van der Waals surface area contributed by atoms with Crippen molar-refractivity contribution in [3.05, 3.63) is 90.0 Å². The first kappa shape index (κ1) is 24.7. The number of rotatable bonds is 10. The quantitative estimate of drug-likeness (QED) is 0.332. The average molecular weight is 491 g/mol. The lowest BCUT2D eigenvalue weighted by atomic mass is 10.1. The summed E-state index contributed by atoms with van der Waals surface area (Å²) in [7, 11) is -4.11. The van der Waals surface area contributed by atoms with Crippen LogP contribution in [0.25, 0.3) is 0 Å². The summed E-state index contributed by atoms with van der Waals surface area (Å²) in [5.41, 5.74) is 0.994. The smallest absolute Gasteiger partial charge is 0.264 e. The van der Waals surface area contributed by atoms with Crippen LogP contribution in [0.1, 0.15) is 12.0 Å². The van der Waals surface area contributed by atoms with E-state index >= 15 is 0 Å². The van der Waals surface area contributed by atoms with Crippen molar-refractivity contribution < 1.29 is 22.0 Å². The van der Waals surface area contributed by atoms with Crippen LogP contribution in [0.3, 0.4) is 0 Å². The summed E-state index contributed by atoms with van der Waals surface area (Å²) >= 11 is 1.48. The molecule has 1 N–H and O–H groups in total. The summed E-state index contributed by atoms with van der Waals surface area (Å²) in [6.45, 7) is -0.178. The van der Waals surface area contributed by atoms with E-state index in [4.69, 9.17) is 0 Å². The first-order chi connectivity index (χ1) is 15.8. The molecule has 0 saturated heterocycles. The van der Waals surface area contributed by atoms with Gasteiger partial charge in [0.15, 0.2) is 0 Å². The minimum Gasteiger partial charge on any atom is -0.355 e. The Kier molecular flexibility index (Phi) is 8.46. The van der Waals surface area contributed by atoms with Crippen LogP contribution in [0, 0.1) is 11.6 Å². The lowest BCUT2D eigenvalue weighted by molar-refractivity contribution is -0.119. The molecule has 5 nitrogen and oxygen atoms in total. The minimum absolute atomic E-state index is 0.00803. The number of anilines is 1. The molecule has 0 heterocycles. The van der Waals surface area contributed by atoms with Gasteiger partial charge in [0.2, 0.25) is 5.91 Å². The van der Waals surface area contributed by atoms with E-state index in [-0.39, 0.29) is 16.4 Å². The van der Waals surface area contributed by atoms with Crippen LogP contribution in [-0.2, 0) is 21.2 Å². The summed E-state index contributed by atoms with van der Waals surface area (Å²) in [5.74, 6) is -1.43. The summed E-state index contributed by atoms with van der Waals surface area (Å²) in [6, 6.07) is 17.5. The van der Waals surface area contributed by atoms with E-state index in [0.29, 0.717) is 19.4 Å². The van der Waals surface area contributed by atoms with Crippen LogP contribution in [0.2, 0.25) is 0 Å². The summed E-state index contributed by atoms with van der Waals surface area (Å²) < 4.78 is 54.3. The number of sulfonamides is 1. The number of aryl methyl sites for hydroxylation is 1. The maximum Gasteiger partial charge on any atom is 0.264 e. The molecule has 3 rings (SSSR count). The Morgan fingerprint density at radius 3 is 2.30 bits per heavy atom. The van der Waals surface area contributed by atoms with Gasteiger partial charge in [-0.05, 0) is 79.3 Å². The van der Waals surface area contributed by atoms with E-state index in [1.165, 1.54) is 54.2 Å². The monoisotopic (exact) mass is 490 g/mol. The zero-order valence-corrected chi connectivity index (χ0v) is 19.6. The van der Waals surface area contributed by atoms with Gasteiger partial charge in [-0.3, -0.25) is 9.10 Å². The third kappa shape index (κ3) is 6.79. The third-order valence-corrected chi connectivity index (χ3v) is 7.44. The number of benzene rings is 3. The van der Waals surface area contributed by atoms with Gasteiger partial charge in [-0.25, -0.2) is 17.2 Å². The molecule has 9 heteroatoms. The first-order valence-corrected chi connectivity index (χ1v) is 12.9. The van der Waals surface area contributed by atoms with Crippen molar-refractivity contribution in [2.24, 2.45) is 0 Å². The van der Waals surface area contributed by atoms with Gasteiger partial charge in [0.1, 0.15) is 18.2 Å². The van der Waals surface area contributed by atoms with Gasteiger partial charge in [0, 0.05) is 11.4 Å². The fraction of sp³-hybridized carbons (Fsp3) is 0.208. The maximum atomic E-state index is 13.8. The van der Waals surface area contributed by atoms with Gasteiger partial charge in [0.25, 0.3) is 10.0 Å². The molecule has 3 aromatic carbocycles. The van der Waals surface area contributed by atoms with Crippen molar-refractivity contribution >= 4 is 33.4 Å². The lowest BCUT2D eigenvalue weighted by Gasteiger charge is -2.24. The summed E-state index contributed by atoms with van der Waals surface area (Å²) in [5, 5.41) is 2.70. The molecule has 0 saturated carbocycles. The van der Waals surface area contributed by atoms with Gasteiger partial charge in [0.05, 0.1) is 10.6 Å². The van der Waals surface area contributed by atoms with E-state index in [0.717, 1.165) is 20.8 Å². The van der Waals surface area contributed by atoms with Gasteiger partial charge >= 0.3 is 0 Å². The second-order valence-corrected chi connectivity index (χ2v) is 9.99. The van der Waals surface area contributed by atoms with Crippen LogP contribution in [-0.4, -0.2) is 33.7 Å². The fourth-order valence-electron chi connectivity index (χ4n) is 3.18. The molecule has 0 fully saturated rings. The lowest BCUT2D eigenvalue weighted by Crippen LogP contribution is -2.41. The summed E-state index contributed by atoms with van der Waals surface area (Å²) in [4.78, 5) is 13.5. The van der Waals surface area contributed by atoms with Crippen LogP contribution < -0.4 is 9.62 Å². The van der Waals surface area contributed by atoms with Gasteiger partial charge in [-0.2, -0.15) is 0 Å². The van der Waals surface area contributed by atoms with Crippen molar-refractivity contribution in [1.29, 1.82) is 0 Å². The predicted molar refractivity (Wildman–Crippen MR) is 127 cm³/mol. The molecule has 33 heavy (non-hydrogen) atoms. The summed E-state index contributed by atoms with van der Waals surface area (Å²) in [6.07, 6.45) is 3.11. The van der Waals surface area contributed by atoms with Crippen molar-refractivity contribution in [2.75, 3.05) is 23.7 Å². The standard InChI is InChI=1S/C24H24F2N2O3S2/c1-32-22-11-13-23(14-12-22)33(30,31)28(21-6-2-5-20(26)16-21)17-24(29)27-15-3-4-18-7-9-19(25)10-8-18/h2,5-14,16H,3-4,15,17H2,1H3,(H,27,29). The molecule has 3 aromatic rings. The van der Waals surface area contributed by atoms with Gasteiger partial charge in [-0.15, -0.1) is 11.8 Å². The minimum atomic E-state index is -4.11. The van der Waals surface area contributed by atoms with Gasteiger partial charge in [-0.1, -0.05) is 18.2 Å². The molecule has 0 bridgehead atoms. The molecule has 1 amide bonds. The highest BCUT2D eigenvalue weighted by atomic mass is 32.2. The predicted octanol–water partition coefficient (Wildman–Crippen LogP) is 4.63.